The minimum atomic E-state index is -4.90. The van der Waals surface area contributed by atoms with Gasteiger partial charge in [-0.3, -0.25) is 4.55 Å². The van der Waals surface area contributed by atoms with E-state index in [2.05, 4.69) is 14.4 Å². The predicted octanol–water partition coefficient (Wildman–Crippen LogP) is -0.615. The maximum atomic E-state index is 11.0. The summed E-state index contributed by atoms with van der Waals surface area (Å²) < 4.78 is 45.6. The largest absolute Gasteiger partial charge is 0.497 e. The number of rotatable bonds is 7. The van der Waals surface area contributed by atoms with Crippen molar-refractivity contribution in [3.8, 4) is 5.75 Å². The molecule has 0 saturated carbocycles. The molecule has 0 amide bonds. The van der Waals surface area contributed by atoms with Gasteiger partial charge in [-0.1, -0.05) is 16.9 Å². The van der Waals surface area contributed by atoms with Crippen LogP contribution in [0.2, 0.25) is 0 Å². The molecule has 1 fully saturated rings. The Hall–Kier alpha value is -1.91. The highest BCUT2D eigenvalue weighted by atomic mass is 32.3. The molecular weight excluding hydrogens is 456 g/mol. The number of ether oxygens (including phenoxy) is 2. The first-order valence-corrected chi connectivity index (χ1v) is 11.2. The summed E-state index contributed by atoms with van der Waals surface area (Å²) in [6.07, 6.45) is -4.26. The number of nitrogens with zero attached hydrogens (tertiary/aromatic N) is 1. The van der Waals surface area contributed by atoms with Gasteiger partial charge in [-0.15, -0.1) is 0 Å². The molecule has 1 saturated heterocycles. The lowest BCUT2D eigenvalue weighted by atomic mass is 10.0. The van der Waals surface area contributed by atoms with E-state index >= 15 is 0 Å². The molecule has 2 heterocycles. The number of H-pyrrole nitrogens is 1. The number of aromatic amines is 1. The summed E-state index contributed by atoms with van der Waals surface area (Å²) in [4.78, 5) is 3.04. The van der Waals surface area contributed by atoms with E-state index in [0.29, 0.717) is 23.1 Å². The summed E-state index contributed by atoms with van der Waals surface area (Å²) in [7, 11) is -3.39. The van der Waals surface area contributed by atoms with Crippen molar-refractivity contribution in [3.05, 3.63) is 30.0 Å². The zero-order valence-electron chi connectivity index (χ0n) is 16.2. The third-order valence-electron chi connectivity index (χ3n) is 4.65. The molecule has 172 valence electrons. The minimum absolute atomic E-state index is 0.0115. The first kappa shape index (κ1) is 23.7. The Morgan fingerprint density at radius 3 is 2.65 bits per heavy atom. The molecule has 0 radical (unpaired) electrons. The molecule has 0 bridgehead atoms. The van der Waals surface area contributed by atoms with Gasteiger partial charge in [0, 0.05) is 23.5 Å². The average Bonchev–Trinajstić information content (AvgIpc) is 3.13. The van der Waals surface area contributed by atoms with E-state index in [-0.39, 0.29) is 11.5 Å². The Labute approximate surface area is 181 Å². The average molecular weight is 479 g/mol. The summed E-state index contributed by atoms with van der Waals surface area (Å²) in [5.74, 6) is 0.586. The van der Waals surface area contributed by atoms with Gasteiger partial charge in [0.05, 0.1) is 13.7 Å². The Morgan fingerprint density at radius 1 is 1.26 bits per heavy atom. The van der Waals surface area contributed by atoms with Crippen molar-refractivity contribution in [2.24, 2.45) is 5.16 Å². The molecule has 1 aliphatic heterocycles. The number of nitrogens with one attached hydrogen (secondary N) is 1. The van der Waals surface area contributed by atoms with Crippen LogP contribution in [0.4, 0.5) is 0 Å². The van der Waals surface area contributed by atoms with Gasteiger partial charge >= 0.3 is 10.4 Å². The Bertz CT molecular complexity index is 1040. The van der Waals surface area contributed by atoms with Crippen LogP contribution < -0.4 is 4.74 Å². The van der Waals surface area contributed by atoms with Crippen molar-refractivity contribution >= 4 is 38.1 Å². The molecule has 1 aromatic heterocycles. The van der Waals surface area contributed by atoms with E-state index in [1.54, 1.807) is 24.4 Å². The fraction of sp³-hybridized carbons (Fsp3) is 0.471. The van der Waals surface area contributed by atoms with E-state index in [1.807, 2.05) is 0 Å². The summed E-state index contributed by atoms with van der Waals surface area (Å²) in [5, 5.41) is 43.6. The van der Waals surface area contributed by atoms with Crippen molar-refractivity contribution in [2.45, 2.75) is 36.3 Å². The van der Waals surface area contributed by atoms with Crippen LogP contribution in [0.25, 0.3) is 10.9 Å². The summed E-state index contributed by atoms with van der Waals surface area (Å²) >= 11 is 0.706. The highest BCUT2D eigenvalue weighted by molar-refractivity contribution is 8.14. The Kier molecular flexibility index (Phi) is 7.43. The van der Waals surface area contributed by atoms with E-state index in [1.165, 1.54) is 7.11 Å². The first-order valence-electron chi connectivity index (χ1n) is 8.97. The first-order chi connectivity index (χ1) is 14.6. The molecule has 5 unspecified atom stereocenters. The smallest absolute Gasteiger partial charge is 0.466 e. The molecule has 1 aromatic carbocycles. The lowest BCUT2D eigenvalue weighted by Crippen LogP contribution is -2.57. The SMILES string of the molecule is COc1ccc2[nH]cc(CC(=NOS(=O)(=O)O)SC3OC(CO)C(O)C(O)C3O)c2c1. The third-order valence-corrected chi connectivity index (χ3v) is 6.03. The van der Waals surface area contributed by atoms with Gasteiger partial charge in [0.15, 0.2) is 0 Å². The molecule has 3 rings (SSSR count). The van der Waals surface area contributed by atoms with Gasteiger partial charge in [0.25, 0.3) is 0 Å². The van der Waals surface area contributed by atoms with Crippen LogP contribution in [0.15, 0.2) is 29.6 Å². The van der Waals surface area contributed by atoms with Gasteiger partial charge in [0.1, 0.15) is 40.6 Å². The van der Waals surface area contributed by atoms with Gasteiger partial charge in [-0.2, -0.15) is 8.42 Å². The molecule has 6 N–H and O–H groups in total. The van der Waals surface area contributed by atoms with E-state index in [0.717, 1.165) is 10.9 Å². The van der Waals surface area contributed by atoms with Crippen LogP contribution in [0, 0.1) is 0 Å². The second kappa shape index (κ2) is 9.70. The van der Waals surface area contributed by atoms with Gasteiger partial charge in [-0.25, -0.2) is 4.28 Å². The van der Waals surface area contributed by atoms with E-state index < -0.39 is 46.9 Å². The number of hydrogen-bond donors (Lipinski definition) is 6. The van der Waals surface area contributed by atoms with Crippen LogP contribution in [-0.2, 0) is 25.8 Å². The van der Waals surface area contributed by atoms with Crippen LogP contribution in [-0.4, -0.2) is 87.0 Å². The van der Waals surface area contributed by atoms with E-state index in [4.69, 9.17) is 14.0 Å². The number of aromatic nitrogens is 1. The van der Waals surface area contributed by atoms with Crippen molar-refractivity contribution in [1.29, 1.82) is 0 Å². The molecule has 12 nitrogen and oxygen atoms in total. The van der Waals surface area contributed by atoms with Crippen molar-refractivity contribution in [3.63, 3.8) is 0 Å². The van der Waals surface area contributed by atoms with Crippen molar-refractivity contribution in [2.75, 3.05) is 13.7 Å². The second-order valence-electron chi connectivity index (χ2n) is 6.70. The number of methoxy groups -OCH3 is 1. The second-order valence-corrected chi connectivity index (χ2v) is 8.88. The summed E-state index contributed by atoms with van der Waals surface area (Å²) in [5.41, 5.74) is 0.200. The number of aliphatic hydroxyl groups excluding tert-OH is 4. The lowest BCUT2D eigenvalue weighted by Gasteiger charge is -2.39. The normalized spacial score (nSPS) is 27.4. The zero-order valence-corrected chi connectivity index (χ0v) is 17.8. The number of fused-ring (bicyclic) bond motifs is 1. The highest BCUT2D eigenvalue weighted by Gasteiger charge is 2.44. The van der Waals surface area contributed by atoms with Crippen LogP contribution in [0.1, 0.15) is 5.56 Å². The zero-order chi connectivity index (χ0) is 22.8. The summed E-state index contributed by atoms with van der Waals surface area (Å²) in [6.45, 7) is -0.627. The topological polar surface area (TPSA) is 191 Å². The maximum Gasteiger partial charge on any atom is 0.466 e. The van der Waals surface area contributed by atoms with Crippen molar-refractivity contribution in [1.82, 2.24) is 4.98 Å². The molecule has 14 heteroatoms. The maximum absolute atomic E-state index is 11.0. The quantitative estimate of drug-likeness (QED) is 0.129. The number of hydrogen-bond acceptors (Lipinski definition) is 11. The van der Waals surface area contributed by atoms with E-state index in [9.17, 15) is 28.8 Å². The molecular formula is C17H22N2O10S2. The molecule has 2 aromatic rings. The molecule has 1 aliphatic rings. The summed E-state index contributed by atoms with van der Waals surface area (Å²) in [6, 6.07) is 5.29. The number of oxime groups is 1. The highest BCUT2D eigenvalue weighted by Crippen LogP contribution is 2.32. The Morgan fingerprint density at radius 2 is 2.00 bits per heavy atom. The lowest BCUT2D eigenvalue weighted by molar-refractivity contribution is -0.205. The number of aliphatic hydroxyl groups is 4. The van der Waals surface area contributed by atoms with Crippen molar-refractivity contribution < 1.29 is 47.2 Å². The molecule has 0 aliphatic carbocycles. The van der Waals surface area contributed by atoms with Crippen LogP contribution in [0.3, 0.4) is 0 Å². The fourth-order valence-electron chi connectivity index (χ4n) is 3.08. The van der Waals surface area contributed by atoms with Gasteiger partial charge in [-0.05, 0) is 23.8 Å². The predicted molar refractivity (Wildman–Crippen MR) is 110 cm³/mol. The molecule has 31 heavy (non-hydrogen) atoms. The molecule has 0 spiro atoms. The van der Waals surface area contributed by atoms with Crippen LogP contribution in [0.5, 0.6) is 5.75 Å². The van der Waals surface area contributed by atoms with Gasteiger partial charge in [0.2, 0.25) is 0 Å². The number of thioether (sulfide) groups is 1. The Balaban J connectivity index is 1.89. The number of benzene rings is 1. The minimum Gasteiger partial charge on any atom is -0.497 e. The standard InChI is InChI=1S/C17H22N2O10S2/c1-27-9-2-3-11-10(5-9)8(6-18-11)4-13(19-29-31(24,25)26)30-17-16(23)15(22)14(21)12(7-20)28-17/h2-3,5-6,12,14-18,20-23H,4,7H2,1H3,(H,24,25,26). The molecule has 5 atom stereocenters. The fourth-order valence-corrected chi connectivity index (χ4v) is 4.39. The van der Waals surface area contributed by atoms with Gasteiger partial charge < -0.3 is 34.9 Å². The van der Waals surface area contributed by atoms with Crippen LogP contribution >= 0.6 is 11.8 Å². The monoisotopic (exact) mass is 478 g/mol. The third kappa shape index (κ3) is 5.67.